The highest BCUT2D eigenvalue weighted by atomic mass is 16.5. The second kappa shape index (κ2) is 49.2. The van der Waals surface area contributed by atoms with Crippen LogP contribution in [-0.4, -0.2) is 313 Å². The molecule has 44 heteroatoms. The molecule has 3 aliphatic heterocycles. The lowest BCUT2D eigenvalue weighted by molar-refractivity contribution is -0.230. The fraction of sp³-hybridized carbons (Fsp3) is 0.662. The predicted molar refractivity (Wildman–Crippen MR) is 398 cm³/mol. The quantitative estimate of drug-likeness (QED) is 0.0269. The SMILES string of the molecule is CC[C@H](C)[C@H](NC(=O)CNC(=O)[C@@H]1C[C@@H](O)CN1C(=O)[C@H](CCC(=O)O)NC(=O)CN)C(=O)N[C@@H](C)C(=O)NCC(=O)N[C@@H](Cc1ccccc1)C(=O)N[C@@H](CCCC[C@@H]1O[C@H](CO)[C@H](O)[C@H](O)[C@H]1O)C(=O)NCC(=O)N[C@@H](CCC(=O)O)C(=O)N[C@@H](CCC(N)=O)C(=O)NCC(=O)N1CCC[C@H]1C(=O)N[C@@H](CCCCN)C(=O)O. The maximum absolute atomic E-state index is 14.5. The molecule has 0 radical (unpaired) electrons. The minimum absolute atomic E-state index is 0.00558. The lowest BCUT2D eigenvalue weighted by Crippen LogP contribution is -2.58. The largest absolute Gasteiger partial charge is 0.481 e. The van der Waals surface area contributed by atoms with Crippen LogP contribution >= 0.6 is 0 Å². The topological polar surface area (TPSA) is 707 Å². The van der Waals surface area contributed by atoms with Crippen molar-refractivity contribution in [3.63, 3.8) is 0 Å². The zero-order valence-corrected chi connectivity index (χ0v) is 64.3. The van der Waals surface area contributed by atoms with Gasteiger partial charge in [0.1, 0.15) is 84.8 Å². The second-order valence-corrected chi connectivity index (χ2v) is 28.3. The first kappa shape index (κ1) is 96.7. The first-order valence-electron chi connectivity index (χ1n) is 37.9. The van der Waals surface area contributed by atoms with Crippen molar-refractivity contribution in [3.8, 4) is 0 Å². The van der Waals surface area contributed by atoms with E-state index in [1.54, 1.807) is 44.2 Å². The Morgan fingerprint density at radius 2 is 1.05 bits per heavy atom. The molecule has 3 saturated heterocycles. The van der Waals surface area contributed by atoms with Crippen LogP contribution in [0.5, 0.6) is 0 Å². The van der Waals surface area contributed by atoms with Gasteiger partial charge in [-0.05, 0) is 89.2 Å². The van der Waals surface area contributed by atoms with E-state index in [4.69, 9.17) is 21.9 Å². The highest BCUT2D eigenvalue weighted by Crippen LogP contribution is 2.26. The number of nitrogens with zero attached hydrogens (tertiary/aromatic N) is 2. The third-order valence-corrected chi connectivity index (χ3v) is 19.4. The Labute approximate surface area is 661 Å². The summed E-state index contributed by atoms with van der Waals surface area (Å²) >= 11 is 0. The first-order valence-corrected chi connectivity index (χ1v) is 37.9. The molecule has 0 bridgehead atoms. The number of nitrogens with one attached hydrogen (secondary N) is 12. The molecule has 3 aliphatic rings. The molecule has 3 fully saturated rings. The number of unbranched alkanes of at least 4 members (excludes halogenated alkanes) is 2. The minimum Gasteiger partial charge on any atom is -0.481 e. The van der Waals surface area contributed by atoms with Gasteiger partial charge in [-0.2, -0.15) is 0 Å². The summed E-state index contributed by atoms with van der Waals surface area (Å²) in [6.45, 7) is -0.154. The number of aliphatic hydroxyl groups excluding tert-OH is 5. The number of carboxylic acids is 3. The van der Waals surface area contributed by atoms with Crippen LogP contribution in [0.1, 0.15) is 135 Å². The Kier molecular flexibility index (Phi) is 41.4. The predicted octanol–water partition coefficient (Wildman–Crippen LogP) is -9.84. The van der Waals surface area contributed by atoms with Gasteiger partial charge in [0.15, 0.2) is 0 Å². The number of benzene rings is 1. The van der Waals surface area contributed by atoms with E-state index in [0.717, 1.165) is 9.80 Å². The van der Waals surface area contributed by atoms with Gasteiger partial charge >= 0.3 is 17.9 Å². The molecular formula is C71H111N17O27. The third kappa shape index (κ3) is 32.6. The molecule has 1 aromatic carbocycles. The number of β-amino-alcohol motifs (C(OH)–C–C–N with tert-alkyl or cyclic N) is 1. The average molecular weight is 1630 g/mol. The number of hydrogen-bond acceptors (Lipinski definition) is 26. The van der Waals surface area contributed by atoms with E-state index < -0.39 is 281 Å². The number of ether oxygens (including phenoxy) is 1. The van der Waals surface area contributed by atoms with E-state index in [9.17, 15) is 127 Å². The molecule has 1 aromatic rings. The van der Waals surface area contributed by atoms with Crippen molar-refractivity contribution in [1.29, 1.82) is 0 Å². The molecule has 17 atom stereocenters. The van der Waals surface area contributed by atoms with Crippen molar-refractivity contribution in [2.75, 3.05) is 59.0 Å². The van der Waals surface area contributed by atoms with Gasteiger partial charge in [0.2, 0.25) is 88.6 Å². The fourth-order valence-corrected chi connectivity index (χ4v) is 12.8. The number of carbonyl (C=O) groups excluding carboxylic acids is 15. The Bertz CT molecular complexity index is 3540. The van der Waals surface area contributed by atoms with Crippen molar-refractivity contribution in [2.24, 2.45) is 23.1 Å². The summed E-state index contributed by atoms with van der Waals surface area (Å²) in [4.78, 5) is 240. The first-order chi connectivity index (χ1) is 54.4. The van der Waals surface area contributed by atoms with Crippen LogP contribution in [0, 0.1) is 5.92 Å². The van der Waals surface area contributed by atoms with E-state index in [-0.39, 0.29) is 77.3 Å². The monoisotopic (exact) mass is 1630 g/mol. The molecule has 15 amide bonds. The molecule has 0 unspecified atom stereocenters. The van der Waals surface area contributed by atoms with Gasteiger partial charge in [-0.1, -0.05) is 63.4 Å². The Morgan fingerprint density at radius 1 is 0.522 bits per heavy atom. The number of likely N-dealkylation sites (tertiary alicyclic amines) is 2. The highest BCUT2D eigenvalue weighted by Gasteiger charge is 2.45. The summed E-state index contributed by atoms with van der Waals surface area (Å²) in [5.41, 5.74) is 16.7. The standard InChI is InChI=1S/C71H111N17O27/c1-4-36(2)58(86-54(95)32-77-67(109)47-28-39(90)34-88(47)70(112)43(21-24-57(99)100)81-51(92)29-73)69(111)79-37(3)62(104)75-30-53(94)82-45(27-38-13-6-5-7-14-38)66(108)83-40(15-8-9-18-48-59(101)61(103)60(102)49(35-89)115-48)63(105)76-31-52(93)80-42(20-23-56(97)98)65(107)84-41(19-22-50(74)91)64(106)78-33-55(96)87-26-12-17-46(87)68(110)85-44(71(113)114)16-10-11-25-72/h5-7,13-14,36-37,39-49,58-61,89-90,101-103H,4,8-12,15-35,72-73H2,1-3H3,(H2,74,91)(H,75,104)(H,76,105)(H,77,109)(H,78,106)(H,79,111)(H,80,93)(H,81,92)(H,82,94)(H,83,108)(H,84,107)(H,85,110)(H,86,95)(H,97,98)(H,99,100)(H,113,114)/t36-,37-,39+,40-,41-,42-,43-,44-,45-,46-,47-,48-,49+,58-,59-,60-,61+/m0/s1. The Balaban J connectivity index is 1.48. The maximum atomic E-state index is 14.5. The van der Waals surface area contributed by atoms with Gasteiger partial charge in [-0.25, -0.2) is 4.79 Å². The van der Waals surface area contributed by atoms with Gasteiger partial charge in [0, 0.05) is 45.2 Å². The van der Waals surface area contributed by atoms with Crippen molar-refractivity contribution in [1.82, 2.24) is 73.6 Å². The van der Waals surface area contributed by atoms with Gasteiger partial charge in [0.05, 0.1) is 51.5 Å². The molecule has 4 rings (SSSR count). The van der Waals surface area contributed by atoms with E-state index in [1.807, 2.05) is 0 Å². The van der Waals surface area contributed by atoms with Crippen LogP contribution in [0.15, 0.2) is 30.3 Å². The number of carboxylic acid groups (broad SMARTS) is 3. The summed E-state index contributed by atoms with van der Waals surface area (Å²) in [6, 6.07) is -6.51. The van der Waals surface area contributed by atoms with Crippen LogP contribution in [0.3, 0.4) is 0 Å². The molecule has 642 valence electrons. The van der Waals surface area contributed by atoms with Crippen LogP contribution in [0.2, 0.25) is 0 Å². The number of hydrogen-bond donors (Lipinski definition) is 23. The molecular weight excluding hydrogens is 1520 g/mol. The number of amides is 15. The van der Waals surface area contributed by atoms with Gasteiger partial charge in [-0.15, -0.1) is 0 Å². The van der Waals surface area contributed by atoms with E-state index in [1.165, 1.54) is 6.92 Å². The van der Waals surface area contributed by atoms with Crippen LogP contribution < -0.4 is 81.0 Å². The number of primary amides is 1. The summed E-state index contributed by atoms with van der Waals surface area (Å²) in [5.74, 6) is -19.0. The summed E-state index contributed by atoms with van der Waals surface area (Å²) in [6.07, 6.45) is -11.1. The van der Waals surface area contributed by atoms with Crippen LogP contribution in [-0.2, 0) is 97.5 Å². The number of aliphatic hydroxyl groups is 5. The number of rotatable bonds is 50. The Morgan fingerprint density at radius 3 is 1.64 bits per heavy atom. The summed E-state index contributed by atoms with van der Waals surface area (Å²) in [7, 11) is 0. The van der Waals surface area contributed by atoms with Crippen molar-refractivity contribution in [2.45, 2.75) is 233 Å². The van der Waals surface area contributed by atoms with Gasteiger partial charge in [-0.3, -0.25) is 81.5 Å². The molecule has 0 aliphatic carbocycles. The minimum atomic E-state index is -1.79. The number of aliphatic carboxylic acids is 3. The molecule has 3 heterocycles. The highest BCUT2D eigenvalue weighted by molar-refractivity contribution is 5.99. The second-order valence-electron chi connectivity index (χ2n) is 28.3. The Hall–Kier alpha value is -10.6. The van der Waals surface area contributed by atoms with Crippen LogP contribution in [0.25, 0.3) is 0 Å². The molecule has 0 spiro atoms. The average Bonchev–Trinajstić information content (AvgIpc) is 1.63. The molecule has 0 aromatic heterocycles. The smallest absolute Gasteiger partial charge is 0.326 e. The van der Waals surface area contributed by atoms with Crippen molar-refractivity contribution in [3.05, 3.63) is 35.9 Å². The van der Waals surface area contributed by atoms with Gasteiger partial charge < -0.3 is 136 Å². The third-order valence-electron chi connectivity index (χ3n) is 19.4. The summed E-state index contributed by atoms with van der Waals surface area (Å²) < 4.78 is 5.61. The molecule has 0 saturated carbocycles. The van der Waals surface area contributed by atoms with Crippen molar-refractivity contribution < 1.29 is 132 Å². The van der Waals surface area contributed by atoms with E-state index >= 15 is 0 Å². The van der Waals surface area contributed by atoms with E-state index in [2.05, 4.69) is 63.8 Å². The fourth-order valence-electron chi connectivity index (χ4n) is 12.8. The lowest BCUT2D eigenvalue weighted by atomic mass is 9.92. The van der Waals surface area contributed by atoms with Crippen molar-refractivity contribution >= 4 is 107 Å². The molecule has 26 N–H and O–H groups in total. The molecule has 44 nitrogen and oxygen atoms in total. The van der Waals surface area contributed by atoms with Crippen LogP contribution in [0.4, 0.5) is 0 Å². The number of carbonyl (C=O) groups is 18. The normalized spacial score (nSPS) is 20.7. The summed E-state index contributed by atoms with van der Waals surface area (Å²) in [5, 5.41) is 109. The zero-order chi connectivity index (χ0) is 85.8. The lowest BCUT2D eigenvalue weighted by Gasteiger charge is -2.40. The molecule has 115 heavy (non-hydrogen) atoms. The van der Waals surface area contributed by atoms with Gasteiger partial charge in [0.25, 0.3) is 0 Å². The van der Waals surface area contributed by atoms with E-state index in [0.29, 0.717) is 31.4 Å². The number of nitrogens with two attached hydrogens (primary N) is 3. The zero-order valence-electron chi connectivity index (χ0n) is 64.3. The maximum Gasteiger partial charge on any atom is 0.326 e.